The molecule has 0 aliphatic carbocycles. The van der Waals surface area contributed by atoms with Gasteiger partial charge in [-0.2, -0.15) is 13.2 Å². The lowest BCUT2D eigenvalue weighted by Crippen LogP contribution is -2.33. The van der Waals surface area contributed by atoms with Gasteiger partial charge in [0.15, 0.2) is 0 Å². The van der Waals surface area contributed by atoms with Gasteiger partial charge < -0.3 is 9.84 Å². The van der Waals surface area contributed by atoms with Crippen molar-refractivity contribution in [2.24, 2.45) is 10.2 Å². The molecule has 1 aromatic heterocycles. The Morgan fingerprint density at radius 1 is 1.20 bits per heavy atom. The van der Waals surface area contributed by atoms with Crippen LogP contribution in [0.15, 0.2) is 50.3 Å². The summed E-state index contributed by atoms with van der Waals surface area (Å²) >= 11 is 0. The van der Waals surface area contributed by atoms with Crippen molar-refractivity contribution in [1.82, 2.24) is 9.55 Å². The number of aromatic amines is 1. The fourth-order valence-electron chi connectivity index (χ4n) is 3.31. The smallest absolute Gasteiger partial charge is 0.394 e. The molecule has 0 unspecified atom stereocenters. The van der Waals surface area contributed by atoms with Crippen molar-refractivity contribution in [2.75, 3.05) is 6.61 Å². The van der Waals surface area contributed by atoms with Crippen LogP contribution in [0.1, 0.15) is 35.8 Å². The van der Waals surface area contributed by atoms with Gasteiger partial charge in [-0.05, 0) is 24.5 Å². The van der Waals surface area contributed by atoms with E-state index >= 15 is 0 Å². The van der Waals surface area contributed by atoms with Crippen LogP contribution < -0.4 is 11.2 Å². The number of alkyl halides is 3. The summed E-state index contributed by atoms with van der Waals surface area (Å²) in [6.07, 6.45) is -0.107. The minimum absolute atomic E-state index is 0.0876. The summed E-state index contributed by atoms with van der Waals surface area (Å²) in [6, 6.07) is 5.47. The van der Waals surface area contributed by atoms with Crippen LogP contribution in [0.5, 0.6) is 0 Å². The molecule has 3 heterocycles. The Labute approximate surface area is 167 Å². The average molecular weight is 422 g/mol. The summed E-state index contributed by atoms with van der Waals surface area (Å²) in [5.74, 6) is 0. The van der Waals surface area contributed by atoms with Crippen molar-refractivity contribution in [3.63, 3.8) is 0 Å². The Hall–Kier alpha value is -3.05. The van der Waals surface area contributed by atoms with Gasteiger partial charge in [0.05, 0.1) is 18.3 Å². The van der Waals surface area contributed by atoms with Gasteiger partial charge >= 0.3 is 17.5 Å². The second-order valence-corrected chi connectivity index (χ2v) is 7.05. The first-order valence-corrected chi connectivity index (χ1v) is 9.15. The molecule has 8 nitrogen and oxygen atoms in total. The van der Waals surface area contributed by atoms with E-state index in [2.05, 4.69) is 15.2 Å². The molecular weight excluding hydrogens is 405 g/mol. The van der Waals surface area contributed by atoms with E-state index in [1.54, 1.807) is 0 Å². The molecule has 0 spiro atoms. The first-order valence-electron chi connectivity index (χ1n) is 9.15. The summed E-state index contributed by atoms with van der Waals surface area (Å²) in [7, 11) is 0. The number of aliphatic hydroxyl groups excluding tert-OH is 1. The lowest BCUT2D eigenvalue weighted by Gasteiger charge is -2.15. The van der Waals surface area contributed by atoms with Crippen molar-refractivity contribution >= 4 is 12.2 Å². The molecule has 0 amide bonds. The summed E-state index contributed by atoms with van der Waals surface area (Å²) in [4.78, 5) is 26.4. The molecule has 1 fully saturated rings. The zero-order chi connectivity index (χ0) is 21.5. The van der Waals surface area contributed by atoms with E-state index in [4.69, 9.17) is 4.74 Å². The van der Waals surface area contributed by atoms with Crippen LogP contribution in [0.25, 0.3) is 12.2 Å². The lowest BCUT2D eigenvalue weighted by atomic mass is 10.0. The van der Waals surface area contributed by atoms with E-state index in [9.17, 15) is 27.9 Å². The number of aromatic nitrogens is 2. The number of H-pyrrole nitrogens is 1. The maximum Gasteiger partial charge on any atom is 0.442 e. The molecule has 2 aliphatic rings. The van der Waals surface area contributed by atoms with Crippen LogP contribution in [-0.2, 0) is 10.4 Å². The predicted octanol–water partition coefficient (Wildman–Crippen LogP) is 2.56. The fourth-order valence-corrected chi connectivity index (χ4v) is 3.31. The second kappa shape index (κ2) is 7.33. The maximum atomic E-state index is 13.0. The number of ether oxygens (including phenoxy) is 1. The van der Waals surface area contributed by atoms with E-state index in [0.717, 1.165) is 0 Å². The molecule has 1 aromatic carbocycles. The Balaban J connectivity index is 1.55. The Morgan fingerprint density at radius 3 is 2.47 bits per heavy atom. The highest BCUT2D eigenvalue weighted by atomic mass is 19.4. The molecule has 1 saturated heterocycles. The minimum atomic E-state index is -4.59. The van der Waals surface area contributed by atoms with Gasteiger partial charge in [0.25, 0.3) is 5.56 Å². The second-order valence-electron chi connectivity index (χ2n) is 7.05. The number of aliphatic hydroxyl groups is 1. The Bertz CT molecular complexity index is 1110. The van der Waals surface area contributed by atoms with Crippen LogP contribution >= 0.6 is 0 Å². The molecule has 158 valence electrons. The highest BCUT2D eigenvalue weighted by molar-refractivity contribution is 5.69. The van der Waals surface area contributed by atoms with Crippen molar-refractivity contribution in [3.8, 4) is 0 Å². The third-order valence-electron chi connectivity index (χ3n) is 5.06. The van der Waals surface area contributed by atoms with E-state index < -0.39 is 29.3 Å². The number of halogens is 3. The molecule has 2 aliphatic heterocycles. The van der Waals surface area contributed by atoms with Gasteiger partial charge in [-0.3, -0.25) is 14.3 Å². The quantitative estimate of drug-likeness (QED) is 0.772. The van der Waals surface area contributed by atoms with E-state index in [1.807, 2.05) is 0 Å². The molecule has 30 heavy (non-hydrogen) atoms. The van der Waals surface area contributed by atoms with Gasteiger partial charge in [0.1, 0.15) is 6.23 Å². The van der Waals surface area contributed by atoms with Crippen LogP contribution in [0.4, 0.5) is 13.2 Å². The number of hydrogen-bond donors (Lipinski definition) is 2. The predicted molar refractivity (Wildman–Crippen MR) is 99.5 cm³/mol. The van der Waals surface area contributed by atoms with Gasteiger partial charge in [-0.1, -0.05) is 30.3 Å². The molecular formula is C19H17F3N4O4. The van der Waals surface area contributed by atoms with Gasteiger partial charge in [0.2, 0.25) is 0 Å². The maximum absolute atomic E-state index is 13.0. The van der Waals surface area contributed by atoms with E-state index in [-0.39, 0.29) is 23.8 Å². The van der Waals surface area contributed by atoms with Crippen molar-refractivity contribution < 1.29 is 23.0 Å². The van der Waals surface area contributed by atoms with Crippen molar-refractivity contribution in [3.05, 3.63) is 68.0 Å². The van der Waals surface area contributed by atoms with Gasteiger partial charge in [0, 0.05) is 11.8 Å². The fraction of sp³-hybridized carbons (Fsp3) is 0.368. The standard InChI is InChI=1S/C19H17F3N4O4/c20-19(21,22)18(24-25-18)13-5-2-11(3-6-13)1-4-12-9-26(17(29)23-16(12)28)15-8-7-14(10-27)30-15/h1-6,9,14-15,27H,7-8,10H2,(H,23,28,29)/b4-1+/t14-,15+/m0/s1. The molecule has 2 aromatic rings. The number of nitrogens with one attached hydrogen (secondary N) is 1. The zero-order valence-corrected chi connectivity index (χ0v) is 15.5. The topological polar surface area (TPSA) is 109 Å². The van der Waals surface area contributed by atoms with Crippen LogP contribution in [0.2, 0.25) is 0 Å². The van der Waals surface area contributed by atoms with Gasteiger partial charge in [-0.25, -0.2) is 4.79 Å². The molecule has 2 N–H and O–H groups in total. The number of hydrogen-bond acceptors (Lipinski definition) is 6. The molecule has 2 atom stereocenters. The number of nitrogens with zero attached hydrogens (tertiary/aromatic N) is 3. The molecule has 11 heteroatoms. The zero-order valence-electron chi connectivity index (χ0n) is 15.5. The van der Waals surface area contributed by atoms with Crippen molar-refractivity contribution in [2.45, 2.75) is 37.0 Å². The lowest BCUT2D eigenvalue weighted by molar-refractivity contribution is -0.166. The summed E-state index contributed by atoms with van der Waals surface area (Å²) < 4.78 is 46.0. The van der Waals surface area contributed by atoms with Crippen molar-refractivity contribution in [1.29, 1.82) is 0 Å². The monoisotopic (exact) mass is 422 g/mol. The summed E-state index contributed by atoms with van der Waals surface area (Å²) in [5, 5.41) is 15.5. The Morgan fingerprint density at radius 2 is 1.90 bits per heavy atom. The first-order chi connectivity index (χ1) is 14.2. The Kier molecular flexibility index (Phi) is 4.94. The largest absolute Gasteiger partial charge is 0.442 e. The summed E-state index contributed by atoms with van der Waals surface area (Å²) in [6.45, 7) is -0.159. The SMILES string of the molecule is O=c1[nH]c(=O)n([C@H]2CC[C@@H](CO)O2)cc1/C=C/c1ccc(C2(C(F)(F)F)N=N2)cc1. The molecule has 4 rings (SSSR count). The first kappa shape index (κ1) is 20.2. The third kappa shape index (κ3) is 3.61. The van der Waals surface area contributed by atoms with Gasteiger partial charge in [-0.15, -0.1) is 10.2 Å². The van der Waals surface area contributed by atoms with Crippen LogP contribution in [-0.4, -0.2) is 33.5 Å². The summed E-state index contributed by atoms with van der Waals surface area (Å²) in [5.41, 5.74) is -3.07. The normalized spacial score (nSPS) is 22.7. The molecule has 0 bridgehead atoms. The van der Waals surface area contributed by atoms with E-state index in [1.165, 1.54) is 47.2 Å². The van der Waals surface area contributed by atoms with Crippen LogP contribution in [0.3, 0.4) is 0 Å². The highest BCUT2D eigenvalue weighted by Gasteiger charge is 2.65. The number of benzene rings is 1. The average Bonchev–Trinajstić information content (AvgIpc) is 3.40. The molecule has 0 saturated carbocycles. The highest BCUT2D eigenvalue weighted by Crippen LogP contribution is 2.52. The van der Waals surface area contributed by atoms with Crippen LogP contribution in [0, 0.1) is 0 Å². The minimum Gasteiger partial charge on any atom is -0.394 e. The third-order valence-corrected chi connectivity index (χ3v) is 5.06. The van der Waals surface area contributed by atoms with E-state index in [0.29, 0.717) is 18.4 Å². The molecule has 0 radical (unpaired) electrons. The number of rotatable bonds is 5.